The van der Waals surface area contributed by atoms with Crippen LogP contribution in [0, 0.1) is 11.8 Å². The van der Waals surface area contributed by atoms with Gasteiger partial charge in [0.15, 0.2) is 0 Å². The van der Waals surface area contributed by atoms with Crippen LogP contribution in [-0.2, 0) is 9.53 Å². The van der Waals surface area contributed by atoms with Crippen molar-refractivity contribution >= 4 is 5.97 Å². The smallest absolute Gasteiger partial charge is 0.307 e. The molecule has 0 aromatic heterocycles. The fourth-order valence-electron chi connectivity index (χ4n) is 4.17. The average Bonchev–Trinajstić information content (AvgIpc) is 2.88. The van der Waals surface area contributed by atoms with Crippen molar-refractivity contribution in [3.05, 3.63) is 24.0 Å². The molecule has 0 amide bonds. The number of ether oxygens (including phenoxy) is 1. The SMILES string of the molecule is CCCCC[C@H](O)CC[C@@H]1[C@@H](CCC/C=C/C=C(\C)OC(C)=O)[C@@H](O)C[C@H]1O. The molecular weight excluding hydrogens is 356 g/mol. The van der Waals surface area contributed by atoms with Crippen molar-refractivity contribution in [3.63, 3.8) is 0 Å². The quantitative estimate of drug-likeness (QED) is 0.187. The van der Waals surface area contributed by atoms with E-state index in [1.807, 2.05) is 12.2 Å². The molecule has 3 N–H and O–H groups in total. The van der Waals surface area contributed by atoms with Crippen molar-refractivity contribution in [1.82, 2.24) is 0 Å². The lowest BCUT2D eigenvalue weighted by Crippen LogP contribution is -2.23. The van der Waals surface area contributed by atoms with Crippen LogP contribution in [0.15, 0.2) is 24.0 Å². The number of hydrogen-bond donors (Lipinski definition) is 3. The van der Waals surface area contributed by atoms with Gasteiger partial charge in [0, 0.05) is 6.92 Å². The molecule has 0 saturated heterocycles. The first-order valence-electron chi connectivity index (χ1n) is 10.9. The summed E-state index contributed by atoms with van der Waals surface area (Å²) >= 11 is 0. The van der Waals surface area contributed by atoms with E-state index in [0.29, 0.717) is 18.6 Å². The molecule has 5 heteroatoms. The standard InChI is InChI=1S/C23H40O5/c1-4-5-8-12-19(25)14-15-21-20(22(26)16-23(21)27)13-10-7-6-9-11-17(2)28-18(3)24/h6,9,11,19-23,25-27H,4-5,7-8,10,12-16H2,1-3H3/b9-6+,17-11+/t19-,20+,21+,22-,23+/m0/s1. The predicted octanol–water partition coefficient (Wildman–Crippen LogP) is 4.26. The van der Waals surface area contributed by atoms with E-state index in [0.717, 1.165) is 51.4 Å². The molecule has 1 aliphatic rings. The Morgan fingerprint density at radius 3 is 2.39 bits per heavy atom. The van der Waals surface area contributed by atoms with Gasteiger partial charge in [0.2, 0.25) is 0 Å². The fourth-order valence-corrected chi connectivity index (χ4v) is 4.17. The van der Waals surface area contributed by atoms with Gasteiger partial charge in [0.25, 0.3) is 0 Å². The minimum atomic E-state index is -0.465. The molecule has 0 aromatic carbocycles. The number of allylic oxidation sites excluding steroid dienone is 4. The van der Waals surface area contributed by atoms with Crippen molar-refractivity contribution in [2.24, 2.45) is 11.8 Å². The molecule has 162 valence electrons. The summed E-state index contributed by atoms with van der Waals surface area (Å²) in [4.78, 5) is 10.8. The zero-order valence-corrected chi connectivity index (χ0v) is 17.8. The third kappa shape index (κ3) is 9.85. The molecular formula is C23H40O5. The number of unbranched alkanes of at least 4 members (excludes halogenated alkanes) is 3. The minimum Gasteiger partial charge on any atom is -0.432 e. The third-order valence-electron chi connectivity index (χ3n) is 5.68. The first-order valence-corrected chi connectivity index (χ1v) is 10.9. The van der Waals surface area contributed by atoms with Gasteiger partial charge in [0.05, 0.1) is 18.3 Å². The van der Waals surface area contributed by atoms with Crippen molar-refractivity contribution < 1.29 is 24.9 Å². The highest BCUT2D eigenvalue weighted by molar-refractivity contribution is 5.67. The van der Waals surface area contributed by atoms with E-state index in [2.05, 4.69) is 6.92 Å². The van der Waals surface area contributed by atoms with Crippen LogP contribution in [0.2, 0.25) is 0 Å². The molecule has 0 heterocycles. The topological polar surface area (TPSA) is 87.0 Å². The lowest BCUT2D eigenvalue weighted by molar-refractivity contribution is -0.136. The zero-order chi connectivity index (χ0) is 20.9. The zero-order valence-electron chi connectivity index (χ0n) is 17.8. The molecule has 1 rings (SSSR count). The minimum absolute atomic E-state index is 0.0749. The van der Waals surface area contributed by atoms with Gasteiger partial charge in [-0.2, -0.15) is 0 Å². The van der Waals surface area contributed by atoms with Gasteiger partial charge in [0.1, 0.15) is 5.76 Å². The second-order valence-electron chi connectivity index (χ2n) is 8.16. The molecule has 1 saturated carbocycles. The summed E-state index contributed by atoms with van der Waals surface area (Å²) in [6, 6.07) is 0. The number of aliphatic hydroxyl groups is 3. The summed E-state index contributed by atoms with van der Waals surface area (Å²) < 4.78 is 4.94. The first kappa shape index (κ1) is 24.9. The number of carbonyl (C=O) groups excluding carboxylic acids is 1. The van der Waals surface area contributed by atoms with Crippen molar-refractivity contribution in [1.29, 1.82) is 0 Å². The first-order chi connectivity index (χ1) is 13.3. The van der Waals surface area contributed by atoms with E-state index in [-0.39, 0.29) is 23.9 Å². The summed E-state index contributed by atoms with van der Waals surface area (Å²) in [5.74, 6) is 0.420. The second kappa shape index (κ2) is 13.9. The average molecular weight is 397 g/mol. The number of carbonyl (C=O) groups is 1. The summed E-state index contributed by atoms with van der Waals surface area (Å²) in [6.45, 7) is 5.27. The van der Waals surface area contributed by atoms with Crippen LogP contribution in [0.25, 0.3) is 0 Å². The molecule has 5 atom stereocenters. The molecule has 0 radical (unpaired) electrons. The molecule has 0 unspecified atom stereocenters. The van der Waals surface area contributed by atoms with Crippen LogP contribution in [0.3, 0.4) is 0 Å². The number of rotatable bonds is 13. The Morgan fingerprint density at radius 2 is 1.75 bits per heavy atom. The Kier molecular flexibility index (Phi) is 12.4. The van der Waals surface area contributed by atoms with Crippen molar-refractivity contribution in [3.8, 4) is 0 Å². The van der Waals surface area contributed by atoms with E-state index < -0.39 is 12.2 Å². The largest absolute Gasteiger partial charge is 0.432 e. The Bertz CT molecular complexity index is 499. The van der Waals surface area contributed by atoms with Gasteiger partial charge in [-0.3, -0.25) is 4.79 Å². The molecule has 1 aliphatic carbocycles. The summed E-state index contributed by atoms with van der Waals surface area (Å²) in [7, 11) is 0. The molecule has 0 aliphatic heterocycles. The molecule has 0 bridgehead atoms. The van der Waals surface area contributed by atoms with Crippen LogP contribution >= 0.6 is 0 Å². The van der Waals surface area contributed by atoms with Gasteiger partial charge >= 0.3 is 5.97 Å². The van der Waals surface area contributed by atoms with Crippen LogP contribution in [0.5, 0.6) is 0 Å². The maximum atomic E-state index is 10.8. The lowest BCUT2D eigenvalue weighted by atomic mass is 9.84. The summed E-state index contributed by atoms with van der Waals surface area (Å²) in [5, 5.41) is 30.8. The highest BCUT2D eigenvalue weighted by atomic mass is 16.5. The Hall–Kier alpha value is -1.17. The number of hydrogen-bond acceptors (Lipinski definition) is 5. The van der Waals surface area contributed by atoms with E-state index in [1.165, 1.54) is 6.92 Å². The molecule has 1 fully saturated rings. The maximum absolute atomic E-state index is 10.8. The third-order valence-corrected chi connectivity index (χ3v) is 5.68. The Labute approximate surface area is 170 Å². The molecule has 0 spiro atoms. The number of esters is 1. The van der Waals surface area contributed by atoms with Gasteiger partial charge < -0.3 is 20.1 Å². The van der Waals surface area contributed by atoms with Crippen molar-refractivity contribution in [2.45, 2.75) is 103 Å². The van der Waals surface area contributed by atoms with Crippen LogP contribution in [-0.4, -0.2) is 39.6 Å². The van der Waals surface area contributed by atoms with Crippen molar-refractivity contribution in [2.75, 3.05) is 0 Å². The summed E-state index contributed by atoms with van der Waals surface area (Å²) in [5.41, 5.74) is 0. The second-order valence-corrected chi connectivity index (χ2v) is 8.16. The monoisotopic (exact) mass is 396 g/mol. The van der Waals surface area contributed by atoms with E-state index in [9.17, 15) is 20.1 Å². The highest BCUT2D eigenvalue weighted by Crippen LogP contribution is 2.39. The van der Waals surface area contributed by atoms with Gasteiger partial charge in [-0.15, -0.1) is 0 Å². The van der Waals surface area contributed by atoms with Gasteiger partial charge in [-0.25, -0.2) is 0 Å². The van der Waals surface area contributed by atoms with E-state index in [1.54, 1.807) is 13.0 Å². The van der Waals surface area contributed by atoms with E-state index >= 15 is 0 Å². The summed E-state index contributed by atoms with van der Waals surface area (Å²) in [6.07, 6.45) is 13.2. The molecule has 28 heavy (non-hydrogen) atoms. The van der Waals surface area contributed by atoms with Crippen LogP contribution < -0.4 is 0 Å². The van der Waals surface area contributed by atoms with E-state index in [4.69, 9.17) is 4.74 Å². The van der Waals surface area contributed by atoms with Crippen LogP contribution in [0.4, 0.5) is 0 Å². The molecule has 0 aromatic rings. The highest BCUT2D eigenvalue weighted by Gasteiger charge is 2.40. The lowest BCUT2D eigenvalue weighted by Gasteiger charge is -2.24. The predicted molar refractivity (Wildman–Crippen MR) is 112 cm³/mol. The normalized spacial score (nSPS) is 26.7. The van der Waals surface area contributed by atoms with Crippen LogP contribution in [0.1, 0.15) is 85.0 Å². The molecule has 5 nitrogen and oxygen atoms in total. The van der Waals surface area contributed by atoms with Gasteiger partial charge in [-0.1, -0.05) is 38.3 Å². The Morgan fingerprint density at radius 1 is 1.07 bits per heavy atom. The van der Waals surface area contributed by atoms with Gasteiger partial charge in [-0.05, 0) is 69.8 Å². The number of aliphatic hydroxyl groups excluding tert-OH is 3. The Balaban J connectivity index is 2.37. The maximum Gasteiger partial charge on any atom is 0.307 e. The fraction of sp³-hybridized carbons (Fsp3) is 0.783.